The fourth-order valence-corrected chi connectivity index (χ4v) is 3.78. The van der Waals surface area contributed by atoms with Gasteiger partial charge in [-0.2, -0.15) is 16.7 Å². The van der Waals surface area contributed by atoms with Gasteiger partial charge in [0.05, 0.1) is 12.0 Å². The predicted octanol–water partition coefficient (Wildman–Crippen LogP) is 1.26. The van der Waals surface area contributed by atoms with E-state index >= 15 is 0 Å². The van der Waals surface area contributed by atoms with E-state index in [0.29, 0.717) is 12.0 Å². The van der Waals surface area contributed by atoms with Crippen molar-refractivity contribution >= 4 is 11.8 Å². The lowest BCUT2D eigenvalue weighted by molar-refractivity contribution is 0.255. The van der Waals surface area contributed by atoms with Crippen LogP contribution >= 0.6 is 11.8 Å². The maximum Gasteiger partial charge on any atom is 0.231 e. The van der Waals surface area contributed by atoms with Gasteiger partial charge in [-0.25, -0.2) is 0 Å². The van der Waals surface area contributed by atoms with Gasteiger partial charge in [0.2, 0.25) is 5.89 Å². The Morgan fingerprint density at radius 1 is 1.50 bits per heavy atom. The number of hydrogen-bond donors (Lipinski definition) is 1. The van der Waals surface area contributed by atoms with E-state index < -0.39 is 0 Å². The summed E-state index contributed by atoms with van der Waals surface area (Å²) in [5.41, 5.74) is 0. The van der Waals surface area contributed by atoms with Crippen LogP contribution in [0.2, 0.25) is 0 Å². The molecule has 2 aliphatic rings. The summed E-state index contributed by atoms with van der Waals surface area (Å²) >= 11 is 1.97. The lowest BCUT2D eigenvalue weighted by Gasteiger charge is -2.29. The molecule has 0 aromatic carbocycles. The normalized spacial score (nSPS) is 30.5. The second-order valence-corrected chi connectivity index (χ2v) is 6.26. The van der Waals surface area contributed by atoms with Crippen LogP contribution in [-0.2, 0) is 0 Å². The SMILES string of the molecule is CN1CCSCC1c1noc([C@@H]2CCCNC2)n1. The van der Waals surface area contributed by atoms with Crippen LogP contribution in [0.1, 0.15) is 36.5 Å². The van der Waals surface area contributed by atoms with E-state index in [1.165, 1.54) is 12.2 Å². The van der Waals surface area contributed by atoms with Crippen LogP contribution < -0.4 is 5.32 Å². The molecule has 1 N–H and O–H groups in total. The highest BCUT2D eigenvalue weighted by Gasteiger charge is 2.28. The lowest BCUT2D eigenvalue weighted by atomic mass is 10.00. The van der Waals surface area contributed by atoms with Gasteiger partial charge in [0.25, 0.3) is 0 Å². The number of aromatic nitrogens is 2. The van der Waals surface area contributed by atoms with Crippen LogP contribution in [0.5, 0.6) is 0 Å². The summed E-state index contributed by atoms with van der Waals surface area (Å²) in [5, 5.41) is 7.59. The molecular formula is C12H20N4OS. The third-order valence-corrected chi connectivity index (χ3v) is 4.82. The molecule has 0 aliphatic carbocycles. The van der Waals surface area contributed by atoms with Crippen LogP contribution in [0.25, 0.3) is 0 Å². The van der Waals surface area contributed by atoms with Crippen LogP contribution in [0.4, 0.5) is 0 Å². The Hall–Kier alpha value is -0.590. The molecule has 3 heterocycles. The zero-order valence-electron chi connectivity index (χ0n) is 10.8. The molecule has 0 saturated carbocycles. The van der Waals surface area contributed by atoms with Gasteiger partial charge in [-0.05, 0) is 26.4 Å². The van der Waals surface area contributed by atoms with Gasteiger partial charge in [-0.1, -0.05) is 5.16 Å². The van der Waals surface area contributed by atoms with Crippen molar-refractivity contribution < 1.29 is 4.52 Å². The third kappa shape index (κ3) is 2.55. The molecule has 1 unspecified atom stereocenters. The molecule has 6 heteroatoms. The van der Waals surface area contributed by atoms with Gasteiger partial charge in [-0.3, -0.25) is 4.90 Å². The maximum absolute atomic E-state index is 5.47. The van der Waals surface area contributed by atoms with Gasteiger partial charge in [0.15, 0.2) is 5.82 Å². The van der Waals surface area contributed by atoms with E-state index in [1.54, 1.807) is 0 Å². The number of nitrogens with one attached hydrogen (secondary N) is 1. The molecule has 0 bridgehead atoms. The van der Waals surface area contributed by atoms with Gasteiger partial charge in [0, 0.05) is 24.6 Å². The highest BCUT2D eigenvalue weighted by atomic mass is 32.2. The summed E-state index contributed by atoms with van der Waals surface area (Å²) in [7, 11) is 2.14. The molecular weight excluding hydrogens is 248 g/mol. The monoisotopic (exact) mass is 268 g/mol. The number of rotatable bonds is 2. The standard InChI is InChI=1S/C12H20N4OS/c1-16-5-6-18-8-10(16)11-14-12(17-15-11)9-3-2-4-13-7-9/h9-10,13H,2-8H2,1H3/t9-,10?/m1/s1. The minimum Gasteiger partial charge on any atom is -0.339 e. The van der Waals surface area contributed by atoms with Gasteiger partial charge >= 0.3 is 0 Å². The minimum absolute atomic E-state index is 0.317. The second kappa shape index (κ2) is 5.59. The minimum atomic E-state index is 0.317. The van der Waals surface area contributed by atoms with Gasteiger partial charge in [-0.15, -0.1) is 0 Å². The largest absolute Gasteiger partial charge is 0.339 e. The van der Waals surface area contributed by atoms with E-state index in [0.717, 1.165) is 43.5 Å². The number of nitrogens with zero attached hydrogens (tertiary/aromatic N) is 3. The topological polar surface area (TPSA) is 54.2 Å². The first kappa shape index (κ1) is 12.4. The molecule has 1 aromatic heterocycles. The van der Waals surface area contributed by atoms with Crippen molar-refractivity contribution in [2.45, 2.75) is 24.8 Å². The predicted molar refractivity (Wildman–Crippen MR) is 71.8 cm³/mol. The van der Waals surface area contributed by atoms with Gasteiger partial charge < -0.3 is 9.84 Å². The van der Waals surface area contributed by atoms with E-state index in [4.69, 9.17) is 4.52 Å². The molecule has 0 spiro atoms. The molecule has 2 aliphatic heterocycles. The van der Waals surface area contributed by atoms with Crippen molar-refractivity contribution in [3.8, 4) is 0 Å². The zero-order valence-corrected chi connectivity index (χ0v) is 11.6. The zero-order chi connectivity index (χ0) is 12.4. The average molecular weight is 268 g/mol. The van der Waals surface area contributed by atoms with Gasteiger partial charge in [0.1, 0.15) is 0 Å². The average Bonchev–Trinajstić information content (AvgIpc) is 2.90. The number of piperidine rings is 1. The highest BCUT2D eigenvalue weighted by Crippen LogP contribution is 2.28. The van der Waals surface area contributed by atoms with Crippen molar-refractivity contribution in [2.75, 3.05) is 38.2 Å². The Morgan fingerprint density at radius 2 is 2.44 bits per heavy atom. The fraction of sp³-hybridized carbons (Fsp3) is 0.833. The smallest absolute Gasteiger partial charge is 0.231 e. The quantitative estimate of drug-likeness (QED) is 0.871. The van der Waals surface area contributed by atoms with E-state index in [2.05, 4.69) is 27.4 Å². The first-order chi connectivity index (χ1) is 8.84. The van der Waals surface area contributed by atoms with Crippen molar-refractivity contribution in [2.24, 2.45) is 0 Å². The Morgan fingerprint density at radius 3 is 3.22 bits per heavy atom. The summed E-state index contributed by atoms with van der Waals surface area (Å²) < 4.78 is 5.47. The lowest BCUT2D eigenvalue weighted by Crippen LogP contribution is -2.33. The Bertz CT molecular complexity index is 391. The molecule has 2 fully saturated rings. The third-order valence-electron chi connectivity index (χ3n) is 3.80. The molecule has 1 aromatic rings. The summed E-state index contributed by atoms with van der Waals surface area (Å²) in [6.07, 6.45) is 2.35. The van der Waals surface area contributed by atoms with Crippen LogP contribution in [0, 0.1) is 0 Å². The first-order valence-electron chi connectivity index (χ1n) is 6.67. The Labute approximate surface area is 112 Å². The summed E-state index contributed by atoms with van der Waals surface area (Å²) in [4.78, 5) is 6.96. The number of hydrogen-bond acceptors (Lipinski definition) is 6. The molecule has 18 heavy (non-hydrogen) atoms. The molecule has 3 rings (SSSR count). The molecule has 100 valence electrons. The van der Waals surface area contributed by atoms with E-state index in [-0.39, 0.29) is 0 Å². The van der Waals surface area contributed by atoms with E-state index in [9.17, 15) is 0 Å². The molecule has 0 amide bonds. The van der Waals surface area contributed by atoms with Crippen molar-refractivity contribution in [1.82, 2.24) is 20.4 Å². The Balaban J connectivity index is 1.71. The van der Waals surface area contributed by atoms with Crippen molar-refractivity contribution in [1.29, 1.82) is 0 Å². The van der Waals surface area contributed by atoms with Crippen molar-refractivity contribution in [3.05, 3.63) is 11.7 Å². The Kier molecular flexibility index (Phi) is 3.86. The summed E-state index contributed by atoms with van der Waals surface area (Å²) in [6.45, 7) is 3.18. The fourth-order valence-electron chi connectivity index (χ4n) is 2.57. The van der Waals surface area contributed by atoms with E-state index in [1.807, 2.05) is 11.8 Å². The van der Waals surface area contributed by atoms with Crippen LogP contribution in [0.3, 0.4) is 0 Å². The van der Waals surface area contributed by atoms with Crippen molar-refractivity contribution in [3.63, 3.8) is 0 Å². The molecule has 5 nitrogen and oxygen atoms in total. The molecule has 2 atom stereocenters. The molecule has 2 saturated heterocycles. The first-order valence-corrected chi connectivity index (χ1v) is 7.82. The van der Waals surface area contributed by atoms with Crippen LogP contribution in [0.15, 0.2) is 4.52 Å². The maximum atomic E-state index is 5.47. The summed E-state index contributed by atoms with van der Waals surface area (Å²) in [5.74, 6) is 4.36. The number of thioether (sulfide) groups is 1. The second-order valence-electron chi connectivity index (χ2n) is 5.11. The van der Waals surface area contributed by atoms with Crippen LogP contribution in [-0.4, -0.2) is 53.2 Å². The highest BCUT2D eigenvalue weighted by molar-refractivity contribution is 7.99. The molecule has 0 radical (unpaired) electrons. The summed E-state index contributed by atoms with van der Waals surface area (Å²) in [6, 6.07) is 0.317.